The van der Waals surface area contributed by atoms with E-state index >= 15 is 0 Å². The van der Waals surface area contributed by atoms with Crippen LogP contribution in [0.1, 0.15) is 0 Å². The number of nitrogens with one attached hydrogen (secondary N) is 1. The van der Waals surface area contributed by atoms with Crippen molar-refractivity contribution in [2.45, 2.75) is 0 Å². The summed E-state index contributed by atoms with van der Waals surface area (Å²) in [6.45, 7) is 0. The molecule has 0 saturated heterocycles. The molecule has 9 heavy (non-hydrogen) atoms. The number of nitrogens with zero attached hydrogens (tertiary/aromatic N) is 1. The summed E-state index contributed by atoms with van der Waals surface area (Å²) >= 11 is 0. The Labute approximate surface area is 51.6 Å². The van der Waals surface area contributed by atoms with Crippen LogP contribution >= 0.6 is 0 Å². The van der Waals surface area contributed by atoms with Crippen molar-refractivity contribution in [1.82, 2.24) is 4.73 Å². The number of aromatic nitrogens is 1. The summed E-state index contributed by atoms with van der Waals surface area (Å²) in [7, 11) is 0. The molecule has 0 amide bonds. The lowest BCUT2D eigenvalue weighted by molar-refractivity contribution is 0.170. The summed E-state index contributed by atoms with van der Waals surface area (Å²) in [5.74, 6) is 0. The van der Waals surface area contributed by atoms with Crippen molar-refractivity contribution in [1.29, 1.82) is 5.41 Å². The number of nitrogens with two attached hydrogens (primary N) is 1. The summed E-state index contributed by atoms with van der Waals surface area (Å²) in [5.41, 5.74) is 5.74. The van der Waals surface area contributed by atoms with Crippen LogP contribution in [0, 0.1) is 5.41 Å². The maximum atomic E-state index is 8.72. The summed E-state index contributed by atoms with van der Waals surface area (Å²) < 4.78 is 0.691. The Kier molecular flexibility index (Phi) is 1.14. The minimum Gasteiger partial charge on any atom is -0.427 e. The predicted octanol–water partition coefficient (Wildman–Crippen LogP) is -0.213. The molecule has 4 heteroatoms. The first-order valence-electron chi connectivity index (χ1n) is 2.42. The summed E-state index contributed by atoms with van der Waals surface area (Å²) in [6.07, 6.45) is 1.32. The molecule has 0 atom stereocenters. The fraction of sp³-hybridized carbons (Fsp3) is 0. The first-order chi connectivity index (χ1) is 4.20. The monoisotopic (exact) mass is 125 g/mol. The fourth-order valence-electron chi connectivity index (χ4n) is 0.509. The lowest BCUT2D eigenvalue weighted by Crippen LogP contribution is -2.15. The lowest BCUT2D eigenvalue weighted by Gasteiger charge is -1.95. The highest BCUT2D eigenvalue weighted by Crippen LogP contribution is 1.90. The van der Waals surface area contributed by atoms with Crippen molar-refractivity contribution in [3.63, 3.8) is 0 Å². The van der Waals surface area contributed by atoms with Crippen LogP contribution in [0.15, 0.2) is 18.3 Å². The molecule has 0 aliphatic heterocycles. The Morgan fingerprint density at radius 3 is 2.78 bits per heavy atom. The molecule has 4 N–H and O–H groups in total. The second-order valence-corrected chi connectivity index (χ2v) is 1.69. The van der Waals surface area contributed by atoms with Crippen LogP contribution in [-0.4, -0.2) is 9.94 Å². The van der Waals surface area contributed by atoms with Gasteiger partial charge in [-0.1, -0.05) is 0 Å². The van der Waals surface area contributed by atoms with Gasteiger partial charge < -0.3 is 10.9 Å². The van der Waals surface area contributed by atoms with Gasteiger partial charge in [-0.05, 0) is 6.07 Å². The van der Waals surface area contributed by atoms with Crippen molar-refractivity contribution < 1.29 is 5.21 Å². The molecule has 0 radical (unpaired) electrons. The number of pyridine rings is 1. The van der Waals surface area contributed by atoms with E-state index in [4.69, 9.17) is 16.4 Å². The number of hydrogen-bond acceptors (Lipinski definition) is 3. The van der Waals surface area contributed by atoms with E-state index in [0.717, 1.165) is 0 Å². The van der Waals surface area contributed by atoms with Gasteiger partial charge in [0.1, 0.15) is 0 Å². The highest BCUT2D eigenvalue weighted by atomic mass is 16.5. The molecule has 1 aromatic rings. The van der Waals surface area contributed by atoms with Crippen molar-refractivity contribution in [3.8, 4) is 0 Å². The van der Waals surface area contributed by atoms with Crippen molar-refractivity contribution in [2.24, 2.45) is 0 Å². The van der Waals surface area contributed by atoms with Crippen molar-refractivity contribution in [3.05, 3.63) is 23.8 Å². The zero-order chi connectivity index (χ0) is 6.85. The average Bonchev–Trinajstić information content (AvgIpc) is 1.80. The largest absolute Gasteiger partial charge is 0.427 e. The second kappa shape index (κ2) is 1.81. The fourth-order valence-corrected chi connectivity index (χ4v) is 0.509. The van der Waals surface area contributed by atoms with E-state index in [-0.39, 0.29) is 5.49 Å². The third kappa shape index (κ3) is 1.02. The molecule has 1 heterocycles. The van der Waals surface area contributed by atoms with Crippen molar-refractivity contribution >= 4 is 5.69 Å². The average molecular weight is 125 g/mol. The van der Waals surface area contributed by atoms with Gasteiger partial charge in [-0.15, -0.1) is 0 Å². The van der Waals surface area contributed by atoms with E-state index in [0.29, 0.717) is 10.4 Å². The van der Waals surface area contributed by atoms with Crippen LogP contribution in [0.5, 0.6) is 0 Å². The number of nitrogen functional groups attached to an aromatic ring is 1. The zero-order valence-corrected chi connectivity index (χ0v) is 4.70. The number of anilines is 1. The van der Waals surface area contributed by atoms with Crippen LogP contribution in [0.2, 0.25) is 0 Å². The van der Waals surface area contributed by atoms with Gasteiger partial charge in [-0.25, -0.2) is 0 Å². The number of hydrogen-bond donors (Lipinski definition) is 3. The summed E-state index contributed by atoms with van der Waals surface area (Å²) in [4.78, 5) is 0. The molecule has 48 valence electrons. The molecule has 1 aromatic heterocycles. The summed E-state index contributed by atoms with van der Waals surface area (Å²) in [5, 5.41) is 15.7. The molecular formula is C5H7N3O. The van der Waals surface area contributed by atoms with Gasteiger partial charge in [0.2, 0.25) is 0 Å². The first kappa shape index (κ1) is 5.68. The third-order valence-electron chi connectivity index (χ3n) is 0.958. The molecule has 1 rings (SSSR count). The van der Waals surface area contributed by atoms with Crippen LogP contribution < -0.4 is 11.2 Å². The Balaban J connectivity index is 3.34. The Morgan fingerprint density at radius 1 is 1.67 bits per heavy atom. The zero-order valence-electron chi connectivity index (χ0n) is 4.70. The molecule has 0 saturated carbocycles. The highest BCUT2D eigenvalue weighted by molar-refractivity contribution is 5.33. The quantitative estimate of drug-likeness (QED) is 0.419. The maximum Gasteiger partial charge on any atom is 0.162 e. The Morgan fingerprint density at radius 2 is 2.33 bits per heavy atom. The van der Waals surface area contributed by atoms with E-state index in [9.17, 15) is 0 Å². The third-order valence-corrected chi connectivity index (χ3v) is 0.958. The lowest BCUT2D eigenvalue weighted by atomic mass is 10.4. The summed E-state index contributed by atoms with van der Waals surface area (Å²) in [6, 6.07) is 2.87. The molecule has 0 aromatic carbocycles. The molecule has 0 aliphatic carbocycles. The Bertz CT molecular complexity index is 265. The van der Waals surface area contributed by atoms with Gasteiger partial charge in [0.05, 0.1) is 0 Å². The van der Waals surface area contributed by atoms with E-state index in [1.165, 1.54) is 18.3 Å². The van der Waals surface area contributed by atoms with Crippen LogP contribution in [0.3, 0.4) is 0 Å². The second-order valence-electron chi connectivity index (χ2n) is 1.69. The van der Waals surface area contributed by atoms with Crippen LogP contribution in [0.4, 0.5) is 5.69 Å². The Hall–Kier alpha value is -1.45. The van der Waals surface area contributed by atoms with E-state index < -0.39 is 0 Å². The SMILES string of the molecule is N=c1cc(N)ccn1O. The predicted molar refractivity (Wildman–Crippen MR) is 31.9 cm³/mol. The molecule has 0 unspecified atom stereocenters. The van der Waals surface area contributed by atoms with Crippen LogP contribution in [0.25, 0.3) is 0 Å². The molecule has 0 spiro atoms. The van der Waals surface area contributed by atoms with E-state index in [2.05, 4.69) is 0 Å². The minimum atomic E-state index is -0.0185. The van der Waals surface area contributed by atoms with Gasteiger partial charge in [-0.2, -0.15) is 4.73 Å². The van der Waals surface area contributed by atoms with E-state index in [1.54, 1.807) is 0 Å². The smallest absolute Gasteiger partial charge is 0.162 e. The van der Waals surface area contributed by atoms with Gasteiger partial charge in [-0.3, -0.25) is 5.41 Å². The standard InChI is InChI=1S/C5H7N3O/c6-4-1-2-8(9)5(7)3-4/h1-3,7,9H,6H2. The van der Waals surface area contributed by atoms with Gasteiger partial charge >= 0.3 is 0 Å². The normalized spacial score (nSPS) is 9.33. The molecule has 0 fully saturated rings. The first-order valence-corrected chi connectivity index (χ1v) is 2.42. The molecular weight excluding hydrogens is 118 g/mol. The van der Waals surface area contributed by atoms with Crippen LogP contribution in [-0.2, 0) is 0 Å². The number of rotatable bonds is 0. The van der Waals surface area contributed by atoms with Gasteiger partial charge in [0.15, 0.2) is 5.49 Å². The van der Waals surface area contributed by atoms with Gasteiger partial charge in [0.25, 0.3) is 0 Å². The molecule has 0 aliphatic rings. The van der Waals surface area contributed by atoms with E-state index in [1.807, 2.05) is 0 Å². The highest BCUT2D eigenvalue weighted by Gasteiger charge is 1.85. The van der Waals surface area contributed by atoms with Crippen molar-refractivity contribution in [2.75, 3.05) is 5.73 Å². The topological polar surface area (TPSA) is 75.0 Å². The van der Waals surface area contributed by atoms with Gasteiger partial charge in [0, 0.05) is 18.0 Å². The minimum absolute atomic E-state index is 0.0185. The molecule has 0 bridgehead atoms. The maximum absolute atomic E-state index is 8.72. The molecule has 4 nitrogen and oxygen atoms in total.